The molecule has 2 saturated carbocycles. The summed E-state index contributed by atoms with van der Waals surface area (Å²) in [5.41, 5.74) is 0.178. The Bertz CT molecular complexity index is 397. The predicted molar refractivity (Wildman–Crippen MR) is 69.2 cm³/mol. The van der Waals surface area contributed by atoms with Crippen LogP contribution in [-0.2, 0) is 5.54 Å². The lowest BCUT2D eigenvalue weighted by Gasteiger charge is -2.29. The zero-order chi connectivity index (χ0) is 11.3. The van der Waals surface area contributed by atoms with Crippen molar-refractivity contribution in [1.82, 2.24) is 15.2 Å². The highest BCUT2D eigenvalue weighted by molar-refractivity contribution is 7.09. The summed E-state index contributed by atoms with van der Waals surface area (Å²) in [6.07, 6.45) is 8.74. The minimum Gasteiger partial charge on any atom is -0.301 e. The van der Waals surface area contributed by atoms with Crippen LogP contribution in [-0.4, -0.2) is 35.1 Å². The van der Waals surface area contributed by atoms with Crippen molar-refractivity contribution in [2.45, 2.75) is 49.7 Å². The average Bonchev–Trinajstić information content (AvgIpc) is 3.23. The van der Waals surface area contributed by atoms with E-state index in [1.54, 1.807) is 0 Å². The molecule has 0 bridgehead atoms. The lowest BCUT2D eigenvalue weighted by Crippen LogP contribution is -2.46. The number of hydrogen-bond acceptors (Lipinski definition) is 4. The van der Waals surface area contributed by atoms with Gasteiger partial charge in [-0.15, -0.1) is 11.3 Å². The summed E-state index contributed by atoms with van der Waals surface area (Å²) in [6.45, 7) is 2.44. The maximum absolute atomic E-state index is 4.59. The van der Waals surface area contributed by atoms with E-state index in [-0.39, 0.29) is 5.54 Å². The second-order valence-corrected chi connectivity index (χ2v) is 6.68. The molecular weight excluding hydrogens is 230 g/mol. The largest absolute Gasteiger partial charge is 0.301 e. The Morgan fingerprint density at radius 1 is 1.35 bits per heavy atom. The molecule has 1 N–H and O–H groups in total. The van der Waals surface area contributed by atoms with Gasteiger partial charge in [-0.3, -0.25) is 4.90 Å². The summed E-state index contributed by atoms with van der Waals surface area (Å²) in [7, 11) is 0. The Balaban J connectivity index is 1.59. The van der Waals surface area contributed by atoms with Gasteiger partial charge < -0.3 is 5.32 Å². The molecule has 1 aromatic rings. The molecule has 1 aliphatic heterocycles. The normalized spacial score (nSPS) is 34.4. The molecule has 2 heterocycles. The standard InChI is InChI=1S/C13H19N3S/c1-2-10(1)15-13(12-14-6-8-17-12)5-7-16(9-13)11-3-4-11/h6,8,10-11,15H,1-5,7,9H2. The fourth-order valence-corrected chi connectivity index (χ4v) is 3.85. The summed E-state index contributed by atoms with van der Waals surface area (Å²) in [5.74, 6) is 0. The second kappa shape index (κ2) is 3.77. The van der Waals surface area contributed by atoms with Crippen LogP contribution in [0.25, 0.3) is 0 Å². The van der Waals surface area contributed by atoms with Crippen LogP contribution in [0.2, 0.25) is 0 Å². The number of aromatic nitrogens is 1. The van der Waals surface area contributed by atoms with Crippen molar-refractivity contribution in [1.29, 1.82) is 0 Å². The van der Waals surface area contributed by atoms with E-state index in [0.29, 0.717) is 0 Å². The van der Waals surface area contributed by atoms with Crippen molar-refractivity contribution in [2.75, 3.05) is 13.1 Å². The summed E-state index contributed by atoms with van der Waals surface area (Å²) >= 11 is 1.82. The van der Waals surface area contributed by atoms with E-state index in [4.69, 9.17) is 0 Å². The Hall–Kier alpha value is -0.450. The number of hydrogen-bond donors (Lipinski definition) is 1. The third-order valence-corrected chi connectivity index (χ3v) is 5.24. The van der Waals surface area contributed by atoms with Gasteiger partial charge in [0.05, 0.1) is 5.54 Å². The molecule has 4 heteroatoms. The number of likely N-dealkylation sites (tertiary alicyclic amines) is 1. The highest BCUT2D eigenvalue weighted by atomic mass is 32.1. The van der Waals surface area contributed by atoms with Gasteiger partial charge >= 0.3 is 0 Å². The van der Waals surface area contributed by atoms with Crippen molar-refractivity contribution >= 4 is 11.3 Å². The fraction of sp³-hybridized carbons (Fsp3) is 0.769. The highest BCUT2D eigenvalue weighted by Crippen LogP contribution is 2.40. The number of nitrogens with one attached hydrogen (secondary N) is 1. The first-order chi connectivity index (χ1) is 8.36. The number of nitrogens with zero attached hydrogens (tertiary/aromatic N) is 2. The van der Waals surface area contributed by atoms with Gasteiger partial charge in [-0.05, 0) is 32.1 Å². The SMILES string of the molecule is c1csc(C2(NC3CC3)CCN(C3CC3)C2)n1. The topological polar surface area (TPSA) is 28.2 Å². The minimum atomic E-state index is 0.178. The van der Waals surface area contributed by atoms with Gasteiger partial charge in [0.2, 0.25) is 0 Å². The van der Waals surface area contributed by atoms with Gasteiger partial charge in [-0.25, -0.2) is 4.98 Å². The Labute approximate surface area is 106 Å². The van der Waals surface area contributed by atoms with Crippen LogP contribution in [0.3, 0.4) is 0 Å². The smallest absolute Gasteiger partial charge is 0.114 e. The van der Waals surface area contributed by atoms with Gasteiger partial charge in [-0.1, -0.05) is 0 Å². The van der Waals surface area contributed by atoms with Crippen molar-refractivity contribution in [3.8, 4) is 0 Å². The molecule has 3 nitrogen and oxygen atoms in total. The van der Waals surface area contributed by atoms with Gasteiger partial charge in [0, 0.05) is 36.8 Å². The van der Waals surface area contributed by atoms with Crippen LogP contribution >= 0.6 is 11.3 Å². The van der Waals surface area contributed by atoms with Crippen molar-refractivity contribution in [2.24, 2.45) is 0 Å². The molecule has 0 amide bonds. The average molecular weight is 249 g/mol. The fourth-order valence-electron chi connectivity index (χ4n) is 3.02. The highest BCUT2D eigenvalue weighted by Gasteiger charge is 2.47. The zero-order valence-corrected chi connectivity index (χ0v) is 10.9. The first kappa shape index (κ1) is 10.5. The third-order valence-electron chi connectivity index (χ3n) is 4.26. The second-order valence-electron chi connectivity index (χ2n) is 5.79. The third kappa shape index (κ3) is 1.92. The molecule has 3 fully saturated rings. The van der Waals surface area contributed by atoms with E-state index in [2.05, 4.69) is 20.6 Å². The van der Waals surface area contributed by atoms with Crippen LogP contribution in [0, 0.1) is 0 Å². The quantitative estimate of drug-likeness (QED) is 0.884. The van der Waals surface area contributed by atoms with E-state index < -0.39 is 0 Å². The van der Waals surface area contributed by atoms with E-state index in [0.717, 1.165) is 12.1 Å². The van der Waals surface area contributed by atoms with E-state index in [9.17, 15) is 0 Å². The van der Waals surface area contributed by atoms with Crippen LogP contribution < -0.4 is 5.32 Å². The van der Waals surface area contributed by atoms with Crippen LogP contribution in [0.1, 0.15) is 37.1 Å². The minimum absolute atomic E-state index is 0.178. The predicted octanol–water partition coefficient (Wildman–Crippen LogP) is 1.96. The first-order valence-corrected chi connectivity index (χ1v) is 7.65. The Morgan fingerprint density at radius 2 is 2.24 bits per heavy atom. The van der Waals surface area contributed by atoms with Crippen molar-refractivity contribution in [3.63, 3.8) is 0 Å². The zero-order valence-electron chi connectivity index (χ0n) is 10.1. The Morgan fingerprint density at radius 3 is 2.88 bits per heavy atom. The number of rotatable bonds is 4. The van der Waals surface area contributed by atoms with Crippen LogP contribution in [0.15, 0.2) is 11.6 Å². The molecule has 1 saturated heterocycles. The summed E-state index contributed by atoms with van der Waals surface area (Å²) in [6, 6.07) is 1.65. The van der Waals surface area contributed by atoms with Crippen LogP contribution in [0.4, 0.5) is 0 Å². The molecule has 1 atom stereocenters. The lowest BCUT2D eigenvalue weighted by atomic mass is 9.99. The van der Waals surface area contributed by atoms with E-state index in [1.165, 1.54) is 50.2 Å². The summed E-state index contributed by atoms with van der Waals surface area (Å²) in [5, 5.41) is 7.32. The van der Waals surface area contributed by atoms with Crippen molar-refractivity contribution in [3.05, 3.63) is 16.6 Å². The summed E-state index contributed by atoms with van der Waals surface area (Å²) < 4.78 is 0. The number of thiazole rings is 1. The van der Waals surface area contributed by atoms with Gasteiger partial charge in [0.25, 0.3) is 0 Å². The van der Waals surface area contributed by atoms with Gasteiger partial charge in [-0.2, -0.15) is 0 Å². The molecule has 17 heavy (non-hydrogen) atoms. The molecule has 92 valence electrons. The molecule has 1 unspecified atom stereocenters. The molecule has 0 spiro atoms. The van der Waals surface area contributed by atoms with E-state index >= 15 is 0 Å². The van der Waals surface area contributed by atoms with E-state index in [1.807, 2.05) is 17.5 Å². The maximum atomic E-state index is 4.59. The van der Waals surface area contributed by atoms with Gasteiger partial charge in [0.1, 0.15) is 5.01 Å². The lowest BCUT2D eigenvalue weighted by molar-refractivity contribution is 0.272. The van der Waals surface area contributed by atoms with Crippen molar-refractivity contribution < 1.29 is 0 Å². The van der Waals surface area contributed by atoms with Crippen LogP contribution in [0.5, 0.6) is 0 Å². The molecule has 1 aromatic heterocycles. The monoisotopic (exact) mass is 249 g/mol. The molecule has 0 aromatic carbocycles. The molecule has 2 aliphatic carbocycles. The Kier molecular flexibility index (Phi) is 2.32. The van der Waals surface area contributed by atoms with Gasteiger partial charge in [0.15, 0.2) is 0 Å². The summed E-state index contributed by atoms with van der Waals surface area (Å²) in [4.78, 5) is 7.27. The molecule has 4 rings (SSSR count). The maximum Gasteiger partial charge on any atom is 0.114 e. The first-order valence-electron chi connectivity index (χ1n) is 6.77. The molecular formula is C13H19N3S. The molecule has 3 aliphatic rings. The molecule has 0 radical (unpaired) electrons.